The summed E-state index contributed by atoms with van der Waals surface area (Å²) in [5.41, 5.74) is 4.56. The number of hydrogen-bond acceptors (Lipinski definition) is 4. The van der Waals surface area contributed by atoms with Crippen molar-refractivity contribution in [3.05, 3.63) is 18.0 Å². The normalized spacial score (nSPS) is 13.5. The molecule has 0 fully saturated rings. The topological polar surface area (TPSA) is 70.1 Å². The van der Waals surface area contributed by atoms with Crippen LogP contribution in [0.15, 0.2) is 12.4 Å². The third-order valence-electron chi connectivity index (χ3n) is 1.93. The molecule has 0 radical (unpaired) electrons. The van der Waals surface area contributed by atoms with Crippen molar-refractivity contribution in [1.29, 1.82) is 0 Å². The number of carbonyl (C=O) groups excluding carboxylic acids is 1. The summed E-state index contributed by atoms with van der Waals surface area (Å²) in [5.74, 6) is -0.670. The van der Waals surface area contributed by atoms with Crippen molar-refractivity contribution in [1.82, 2.24) is 9.78 Å². The van der Waals surface area contributed by atoms with Crippen molar-refractivity contribution >= 4 is 5.97 Å². The fourth-order valence-corrected chi connectivity index (χ4v) is 1.14. The Bertz CT molecular complexity index is 389. The van der Waals surface area contributed by atoms with Crippen LogP contribution >= 0.6 is 0 Å². The summed E-state index contributed by atoms with van der Waals surface area (Å²) >= 11 is 0. The largest absolute Gasteiger partial charge is 0.465 e. The fraction of sp³-hybridized carbons (Fsp3) is 0.556. The van der Waals surface area contributed by atoms with Crippen molar-refractivity contribution < 1.29 is 22.7 Å². The third-order valence-corrected chi connectivity index (χ3v) is 1.93. The number of halogens is 3. The minimum Gasteiger partial charge on any atom is -0.465 e. The molecule has 0 saturated heterocycles. The summed E-state index contributed by atoms with van der Waals surface area (Å²) in [4.78, 5) is 11.1. The van der Waals surface area contributed by atoms with Crippen LogP contribution in [0, 0.1) is 0 Å². The summed E-state index contributed by atoms with van der Waals surface area (Å²) in [7, 11) is 0. The molecule has 1 aromatic rings. The van der Waals surface area contributed by atoms with Gasteiger partial charge in [0.25, 0.3) is 0 Å². The molecule has 0 aromatic carbocycles. The maximum atomic E-state index is 12.2. The zero-order chi connectivity index (χ0) is 13.1. The van der Waals surface area contributed by atoms with Gasteiger partial charge in [0.15, 0.2) is 0 Å². The molecule has 2 N–H and O–H groups in total. The van der Waals surface area contributed by atoms with Crippen LogP contribution in [0.2, 0.25) is 0 Å². The lowest BCUT2D eigenvalue weighted by Crippen LogP contribution is -2.36. The smallest absolute Gasteiger partial charge is 0.419 e. The Balaban J connectivity index is 2.64. The predicted molar refractivity (Wildman–Crippen MR) is 51.8 cm³/mol. The van der Waals surface area contributed by atoms with Crippen LogP contribution < -0.4 is 5.73 Å². The number of ether oxygens (including phenoxy) is 1. The van der Waals surface area contributed by atoms with Crippen LogP contribution in [0.3, 0.4) is 0 Å². The van der Waals surface area contributed by atoms with E-state index in [2.05, 4.69) is 9.84 Å². The summed E-state index contributed by atoms with van der Waals surface area (Å²) in [5, 5.41) is 3.47. The summed E-state index contributed by atoms with van der Waals surface area (Å²) < 4.78 is 42.3. The molecular weight excluding hydrogens is 239 g/mol. The molecule has 8 heteroatoms. The minimum absolute atomic E-state index is 0.158. The molecule has 0 bridgehead atoms. The van der Waals surface area contributed by atoms with Gasteiger partial charge in [-0.05, 0) is 6.92 Å². The molecule has 0 spiro atoms. The molecule has 0 saturated carbocycles. The summed E-state index contributed by atoms with van der Waals surface area (Å²) in [6, 6.07) is -1.03. The van der Waals surface area contributed by atoms with Crippen molar-refractivity contribution in [2.45, 2.75) is 25.7 Å². The van der Waals surface area contributed by atoms with E-state index in [1.165, 1.54) is 0 Å². The highest BCUT2D eigenvalue weighted by Crippen LogP contribution is 2.28. The Morgan fingerprint density at radius 3 is 2.76 bits per heavy atom. The Morgan fingerprint density at radius 1 is 1.65 bits per heavy atom. The van der Waals surface area contributed by atoms with E-state index >= 15 is 0 Å². The SMILES string of the molecule is CCOC(=O)C(N)Cn1cc(C(F)(F)F)cn1. The van der Waals surface area contributed by atoms with Crippen molar-refractivity contribution in [2.24, 2.45) is 5.73 Å². The second-order valence-corrected chi connectivity index (χ2v) is 3.31. The van der Waals surface area contributed by atoms with Gasteiger partial charge < -0.3 is 10.5 Å². The Kier molecular flexibility index (Phi) is 4.11. The molecule has 1 atom stereocenters. The molecule has 0 aliphatic heterocycles. The first-order valence-electron chi connectivity index (χ1n) is 4.86. The van der Waals surface area contributed by atoms with Gasteiger partial charge in [0.1, 0.15) is 6.04 Å². The Morgan fingerprint density at radius 2 is 2.29 bits per heavy atom. The highest BCUT2D eigenvalue weighted by Gasteiger charge is 2.32. The van der Waals surface area contributed by atoms with E-state index in [0.29, 0.717) is 6.20 Å². The van der Waals surface area contributed by atoms with E-state index in [1.54, 1.807) is 6.92 Å². The molecule has 0 aliphatic carbocycles. The zero-order valence-electron chi connectivity index (χ0n) is 9.07. The standard InChI is InChI=1S/C9H12F3N3O2/c1-2-17-8(16)7(13)5-15-4-6(3-14-15)9(10,11)12/h3-4,7H,2,5,13H2,1H3. The fourth-order valence-electron chi connectivity index (χ4n) is 1.14. The van der Waals surface area contributed by atoms with Crippen LogP contribution in [0.4, 0.5) is 13.2 Å². The van der Waals surface area contributed by atoms with Crippen LogP contribution in [-0.4, -0.2) is 28.4 Å². The first-order chi connectivity index (χ1) is 7.84. The maximum absolute atomic E-state index is 12.2. The van der Waals surface area contributed by atoms with E-state index in [-0.39, 0.29) is 13.2 Å². The number of hydrogen-bond donors (Lipinski definition) is 1. The van der Waals surface area contributed by atoms with Crippen LogP contribution in [0.1, 0.15) is 12.5 Å². The van der Waals surface area contributed by atoms with Crippen molar-refractivity contribution in [3.8, 4) is 0 Å². The van der Waals surface area contributed by atoms with Gasteiger partial charge >= 0.3 is 12.1 Å². The number of esters is 1. The highest BCUT2D eigenvalue weighted by molar-refractivity contribution is 5.75. The molecule has 1 unspecified atom stereocenters. The van der Waals surface area contributed by atoms with Gasteiger partial charge in [-0.3, -0.25) is 9.48 Å². The lowest BCUT2D eigenvalue weighted by atomic mass is 10.3. The lowest BCUT2D eigenvalue weighted by Gasteiger charge is -2.10. The van der Waals surface area contributed by atoms with E-state index in [1.807, 2.05) is 0 Å². The van der Waals surface area contributed by atoms with Crippen LogP contribution in [0.5, 0.6) is 0 Å². The van der Waals surface area contributed by atoms with Gasteiger partial charge in [-0.25, -0.2) is 0 Å². The molecule has 17 heavy (non-hydrogen) atoms. The molecular formula is C9H12F3N3O2. The first-order valence-corrected chi connectivity index (χ1v) is 4.86. The maximum Gasteiger partial charge on any atom is 0.419 e. The Hall–Kier alpha value is -1.57. The van der Waals surface area contributed by atoms with Gasteiger partial charge in [0.05, 0.1) is 24.9 Å². The van der Waals surface area contributed by atoms with E-state index < -0.39 is 23.8 Å². The second-order valence-electron chi connectivity index (χ2n) is 3.31. The monoisotopic (exact) mass is 251 g/mol. The van der Waals surface area contributed by atoms with Gasteiger partial charge in [-0.1, -0.05) is 0 Å². The predicted octanol–water partition coefficient (Wildman–Crippen LogP) is 0.792. The lowest BCUT2D eigenvalue weighted by molar-refractivity contribution is -0.145. The molecule has 0 amide bonds. The molecule has 5 nitrogen and oxygen atoms in total. The van der Waals surface area contributed by atoms with Crippen molar-refractivity contribution in [2.75, 3.05) is 6.61 Å². The van der Waals surface area contributed by atoms with Gasteiger partial charge in [-0.2, -0.15) is 18.3 Å². The number of aromatic nitrogens is 2. The first kappa shape index (κ1) is 13.5. The average molecular weight is 251 g/mol. The van der Waals surface area contributed by atoms with E-state index in [9.17, 15) is 18.0 Å². The third kappa shape index (κ3) is 3.74. The number of carbonyl (C=O) groups is 1. The summed E-state index contributed by atoms with van der Waals surface area (Å²) in [6.07, 6.45) is -2.98. The Labute approximate surface area is 95.3 Å². The van der Waals surface area contributed by atoms with Gasteiger partial charge in [0.2, 0.25) is 0 Å². The quantitative estimate of drug-likeness (QED) is 0.803. The molecule has 1 aromatic heterocycles. The van der Waals surface area contributed by atoms with E-state index in [0.717, 1.165) is 10.9 Å². The van der Waals surface area contributed by atoms with Gasteiger partial charge in [-0.15, -0.1) is 0 Å². The molecule has 0 aliphatic rings. The van der Waals surface area contributed by atoms with Crippen molar-refractivity contribution in [3.63, 3.8) is 0 Å². The molecule has 96 valence electrons. The van der Waals surface area contributed by atoms with Gasteiger partial charge in [0, 0.05) is 6.20 Å². The number of alkyl halides is 3. The zero-order valence-corrected chi connectivity index (χ0v) is 9.07. The van der Waals surface area contributed by atoms with E-state index in [4.69, 9.17) is 5.73 Å². The number of nitrogens with zero attached hydrogens (tertiary/aromatic N) is 2. The molecule has 1 rings (SSSR count). The summed E-state index contributed by atoms with van der Waals surface area (Å²) in [6.45, 7) is 1.62. The minimum atomic E-state index is -4.45. The average Bonchev–Trinajstić information content (AvgIpc) is 2.66. The second kappa shape index (κ2) is 5.17. The molecule has 1 heterocycles. The van der Waals surface area contributed by atoms with Crippen LogP contribution in [-0.2, 0) is 22.3 Å². The highest BCUT2D eigenvalue weighted by atomic mass is 19.4. The van der Waals surface area contributed by atoms with Crippen LogP contribution in [0.25, 0.3) is 0 Å². The number of rotatable bonds is 4. The number of nitrogens with two attached hydrogens (primary N) is 1.